The summed E-state index contributed by atoms with van der Waals surface area (Å²) >= 11 is 0. The zero-order chi connectivity index (χ0) is 12.3. The SMILES string of the molecule is Cc1ncc(N(C)CC2CNCCO2)nc1C. The predicted octanol–water partition coefficient (Wildman–Crippen LogP) is 0.518. The second kappa shape index (κ2) is 5.42. The zero-order valence-corrected chi connectivity index (χ0v) is 10.7. The summed E-state index contributed by atoms with van der Waals surface area (Å²) < 4.78 is 5.67. The van der Waals surface area contributed by atoms with Crippen LogP contribution in [0.15, 0.2) is 6.20 Å². The summed E-state index contributed by atoms with van der Waals surface area (Å²) in [6.07, 6.45) is 2.05. The largest absolute Gasteiger partial charge is 0.374 e. The summed E-state index contributed by atoms with van der Waals surface area (Å²) in [4.78, 5) is 11.0. The molecule has 1 N–H and O–H groups in total. The second-order valence-electron chi connectivity index (χ2n) is 4.48. The summed E-state index contributed by atoms with van der Waals surface area (Å²) in [6, 6.07) is 0. The van der Waals surface area contributed by atoms with Gasteiger partial charge in [0.1, 0.15) is 5.82 Å². The van der Waals surface area contributed by atoms with Crippen LogP contribution in [-0.2, 0) is 4.74 Å². The van der Waals surface area contributed by atoms with E-state index >= 15 is 0 Å². The van der Waals surface area contributed by atoms with Gasteiger partial charge in [-0.2, -0.15) is 0 Å². The number of likely N-dealkylation sites (N-methyl/N-ethyl adjacent to an activating group) is 1. The van der Waals surface area contributed by atoms with Crippen LogP contribution < -0.4 is 10.2 Å². The minimum absolute atomic E-state index is 0.233. The van der Waals surface area contributed by atoms with Crippen LogP contribution in [0.5, 0.6) is 0 Å². The van der Waals surface area contributed by atoms with E-state index in [0.717, 1.165) is 43.4 Å². The van der Waals surface area contributed by atoms with Gasteiger partial charge in [-0.25, -0.2) is 4.98 Å². The van der Waals surface area contributed by atoms with Crippen molar-refractivity contribution in [3.63, 3.8) is 0 Å². The molecule has 0 saturated carbocycles. The fourth-order valence-electron chi connectivity index (χ4n) is 1.85. The van der Waals surface area contributed by atoms with Crippen molar-refractivity contribution in [1.82, 2.24) is 15.3 Å². The van der Waals surface area contributed by atoms with Gasteiger partial charge >= 0.3 is 0 Å². The summed E-state index contributed by atoms with van der Waals surface area (Å²) in [7, 11) is 2.02. The van der Waals surface area contributed by atoms with Crippen LogP contribution >= 0.6 is 0 Å². The molecule has 0 aromatic carbocycles. The molecular weight excluding hydrogens is 216 g/mol. The molecule has 2 heterocycles. The molecular formula is C12H20N4O. The second-order valence-corrected chi connectivity index (χ2v) is 4.48. The highest BCUT2D eigenvalue weighted by molar-refractivity contribution is 5.36. The third-order valence-corrected chi connectivity index (χ3v) is 3.05. The van der Waals surface area contributed by atoms with E-state index in [-0.39, 0.29) is 6.10 Å². The van der Waals surface area contributed by atoms with E-state index in [2.05, 4.69) is 20.2 Å². The monoisotopic (exact) mass is 236 g/mol. The first-order valence-electron chi connectivity index (χ1n) is 6.00. The molecule has 1 aliphatic rings. The number of ether oxygens (including phenoxy) is 1. The summed E-state index contributed by atoms with van der Waals surface area (Å²) in [5.41, 5.74) is 1.97. The van der Waals surface area contributed by atoms with E-state index in [4.69, 9.17) is 4.74 Å². The molecule has 2 rings (SSSR count). The van der Waals surface area contributed by atoms with Gasteiger partial charge in [-0.05, 0) is 13.8 Å². The van der Waals surface area contributed by atoms with Crippen molar-refractivity contribution in [2.24, 2.45) is 0 Å². The molecule has 5 heteroatoms. The Morgan fingerprint density at radius 1 is 1.47 bits per heavy atom. The standard InChI is InChI=1S/C12H20N4O/c1-9-10(2)15-12(7-14-9)16(3)8-11-6-13-4-5-17-11/h7,11,13H,4-6,8H2,1-3H3. The molecule has 0 amide bonds. The highest BCUT2D eigenvalue weighted by atomic mass is 16.5. The molecule has 94 valence electrons. The quantitative estimate of drug-likeness (QED) is 0.829. The molecule has 0 radical (unpaired) electrons. The first kappa shape index (κ1) is 12.3. The van der Waals surface area contributed by atoms with Gasteiger partial charge in [-0.3, -0.25) is 4.98 Å². The molecule has 1 aliphatic heterocycles. The first-order valence-corrected chi connectivity index (χ1v) is 6.00. The van der Waals surface area contributed by atoms with Gasteiger partial charge in [0, 0.05) is 26.7 Å². The van der Waals surface area contributed by atoms with Crippen molar-refractivity contribution in [3.05, 3.63) is 17.6 Å². The maximum atomic E-state index is 5.67. The van der Waals surface area contributed by atoms with Crippen LogP contribution in [0.1, 0.15) is 11.4 Å². The van der Waals surface area contributed by atoms with Gasteiger partial charge in [0.15, 0.2) is 0 Å². The molecule has 0 spiro atoms. The minimum Gasteiger partial charge on any atom is -0.374 e. The molecule has 1 unspecified atom stereocenters. The highest BCUT2D eigenvalue weighted by Gasteiger charge is 2.16. The number of hydrogen-bond donors (Lipinski definition) is 1. The van der Waals surface area contributed by atoms with E-state index in [1.165, 1.54) is 0 Å². The maximum Gasteiger partial charge on any atom is 0.147 e. The fraction of sp³-hybridized carbons (Fsp3) is 0.667. The number of nitrogens with zero attached hydrogens (tertiary/aromatic N) is 3. The van der Waals surface area contributed by atoms with E-state index < -0.39 is 0 Å². The van der Waals surface area contributed by atoms with Crippen molar-refractivity contribution < 1.29 is 4.74 Å². The first-order chi connectivity index (χ1) is 8.16. The smallest absolute Gasteiger partial charge is 0.147 e. The Morgan fingerprint density at radius 2 is 2.29 bits per heavy atom. The normalized spacial score (nSPS) is 20.3. The van der Waals surface area contributed by atoms with Gasteiger partial charge in [0.05, 0.1) is 30.3 Å². The Kier molecular flexibility index (Phi) is 3.91. The van der Waals surface area contributed by atoms with Crippen molar-refractivity contribution >= 4 is 5.82 Å². The lowest BCUT2D eigenvalue weighted by Crippen LogP contribution is -2.44. The third-order valence-electron chi connectivity index (χ3n) is 3.05. The Labute approximate surface area is 102 Å². The number of aryl methyl sites for hydroxylation is 2. The molecule has 1 aromatic rings. The highest BCUT2D eigenvalue weighted by Crippen LogP contribution is 2.11. The molecule has 0 bridgehead atoms. The van der Waals surface area contributed by atoms with Gasteiger partial charge in [0.2, 0.25) is 0 Å². The van der Waals surface area contributed by atoms with Crippen LogP contribution in [0.2, 0.25) is 0 Å². The number of nitrogens with one attached hydrogen (secondary N) is 1. The average molecular weight is 236 g/mol. The van der Waals surface area contributed by atoms with E-state index in [9.17, 15) is 0 Å². The number of rotatable bonds is 3. The van der Waals surface area contributed by atoms with Gasteiger partial charge in [-0.1, -0.05) is 0 Å². The maximum absolute atomic E-state index is 5.67. The Bertz CT molecular complexity index is 377. The molecule has 1 aromatic heterocycles. The number of anilines is 1. The predicted molar refractivity (Wildman–Crippen MR) is 67.4 cm³/mol. The molecule has 1 atom stereocenters. The van der Waals surface area contributed by atoms with Crippen LogP contribution in [-0.4, -0.2) is 49.4 Å². The van der Waals surface area contributed by atoms with Crippen molar-refractivity contribution in [1.29, 1.82) is 0 Å². The zero-order valence-electron chi connectivity index (χ0n) is 10.7. The van der Waals surface area contributed by atoms with E-state index in [0.29, 0.717) is 0 Å². The minimum atomic E-state index is 0.233. The molecule has 1 fully saturated rings. The summed E-state index contributed by atoms with van der Waals surface area (Å²) in [5.74, 6) is 0.905. The molecule has 5 nitrogen and oxygen atoms in total. The van der Waals surface area contributed by atoms with Gasteiger partial charge < -0.3 is 15.0 Å². The van der Waals surface area contributed by atoms with Crippen LogP contribution in [0.3, 0.4) is 0 Å². The number of hydrogen-bond acceptors (Lipinski definition) is 5. The van der Waals surface area contributed by atoms with Crippen LogP contribution in [0, 0.1) is 13.8 Å². The Morgan fingerprint density at radius 3 is 2.94 bits per heavy atom. The lowest BCUT2D eigenvalue weighted by atomic mass is 10.3. The van der Waals surface area contributed by atoms with Crippen molar-refractivity contribution in [2.75, 3.05) is 38.2 Å². The van der Waals surface area contributed by atoms with Gasteiger partial charge in [-0.15, -0.1) is 0 Å². The molecule has 1 saturated heterocycles. The topological polar surface area (TPSA) is 50.3 Å². The van der Waals surface area contributed by atoms with Gasteiger partial charge in [0.25, 0.3) is 0 Å². The van der Waals surface area contributed by atoms with E-state index in [1.54, 1.807) is 0 Å². The van der Waals surface area contributed by atoms with Crippen molar-refractivity contribution in [3.8, 4) is 0 Å². The average Bonchev–Trinajstić information content (AvgIpc) is 2.34. The summed E-state index contributed by atoms with van der Waals surface area (Å²) in [5, 5.41) is 3.32. The number of morpholine rings is 1. The number of aromatic nitrogens is 2. The fourth-order valence-corrected chi connectivity index (χ4v) is 1.85. The Hall–Kier alpha value is -1.20. The lowest BCUT2D eigenvalue weighted by Gasteiger charge is -2.28. The molecule has 17 heavy (non-hydrogen) atoms. The summed E-state index contributed by atoms with van der Waals surface area (Å²) in [6.45, 7) is 7.44. The lowest BCUT2D eigenvalue weighted by molar-refractivity contribution is 0.0339. The Balaban J connectivity index is 1.98. The van der Waals surface area contributed by atoms with Crippen molar-refractivity contribution in [2.45, 2.75) is 20.0 Å². The van der Waals surface area contributed by atoms with Crippen LogP contribution in [0.4, 0.5) is 5.82 Å². The third kappa shape index (κ3) is 3.14. The van der Waals surface area contributed by atoms with Crippen LogP contribution in [0.25, 0.3) is 0 Å². The molecule has 0 aliphatic carbocycles. The van der Waals surface area contributed by atoms with E-state index in [1.807, 2.05) is 27.1 Å².